The maximum absolute atomic E-state index is 10.6. The molecule has 2 aromatic rings. The molecule has 0 aliphatic carbocycles. The zero-order chi connectivity index (χ0) is 13.0. The zero-order valence-corrected chi connectivity index (χ0v) is 10.9. The first-order chi connectivity index (χ1) is 8.69. The lowest BCUT2D eigenvalue weighted by Crippen LogP contribution is -1.95. The summed E-state index contributed by atoms with van der Waals surface area (Å²) in [5.41, 5.74) is 6.10. The molecular formula is C17H18O. The molecule has 0 amide bonds. The molecule has 0 bridgehead atoms. The van der Waals surface area contributed by atoms with Crippen molar-refractivity contribution >= 4 is 6.29 Å². The number of aryl methyl sites for hydroxylation is 4. The van der Waals surface area contributed by atoms with E-state index in [1.807, 2.05) is 24.3 Å². The van der Waals surface area contributed by atoms with Gasteiger partial charge in [-0.1, -0.05) is 48.0 Å². The Labute approximate surface area is 108 Å². The van der Waals surface area contributed by atoms with Crippen molar-refractivity contribution in [3.05, 3.63) is 70.3 Å². The van der Waals surface area contributed by atoms with Gasteiger partial charge in [0.05, 0.1) is 0 Å². The van der Waals surface area contributed by atoms with Crippen LogP contribution in [0.4, 0.5) is 0 Å². The van der Waals surface area contributed by atoms with Gasteiger partial charge in [0, 0.05) is 5.56 Å². The first kappa shape index (κ1) is 12.6. The van der Waals surface area contributed by atoms with E-state index < -0.39 is 0 Å². The molecule has 0 fully saturated rings. The van der Waals surface area contributed by atoms with Gasteiger partial charge >= 0.3 is 0 Å². The maximum atomic E-state index is 10.6. The molecule has 18 heavy (non-hydrogen) atoms. The van der Waals surface area contributed by atoms with Crippen LogP contribution in [0.5, 0.6) is 0 Å². The third-order valence-electron chi connectivity index (χ3n) is 3.30. The monoisotopic (exact) mass is 238 g/mol. The van der Waals surface area contributed by atoms with Crippen molar-refractivity contribution in [2.75, 3.05) is 0 Å². The highest BCUT2D eigenvalue weighted by molar-refractivity contribution is 5.74. The Morgan fingerprint density at radius 3 is 2.33 bits per heavy atom. The molecule has 0 aliphatic heterocycles. The van der Waals surface area contributed by atoms with E-state index >= 15 is 0 Å². The topological polar surface area (TPSA) is 17.1 Å². The molecule has 0 aromatic heterocycles. The first-order valence-corrected chi connectivity index (χ1v) is 6.29. The molecule has 0 aliphatic rings. The average Bonchev–Trinajstić information content (AvgIpc) is 2.40. The van der Waals surface area contributed by atoms with Gasteiger partial charge in [-0.25, -0.2) is 0 Å². The minimum atomic E-state index is 0.741. The Morgan fingerprint density at radius 1 is 0.944 bits per heavy atom. The molecule has 0 atom stereocenters. The van der Waals surface area contributed by atoms with Gasteiger partial charge < -0.3 is 0 Å². The van der Waals surface area contributed by atoms with Gasteiger partial charge in [-0.15, -0.1) is 0 Å². The Bertz CT molecular complexity index is 538. The van der Waals surface area contributed by atoms with Crippen LogP contribution in [0.1, 0.15) is 32.6 Å². The molecule has 92 valence electrons. The summed E-state index contributed by atoms with van der Waals surface area (Å²) in [4.78, 5) is 10.6. The Kier molecular flexibility index (Phi) is 3.93. The summed E-state index contributed by atoms with van der Waals surface area (Å²) in [6.07, 6.45) is 2.95. The van der Waals surface area contributed by atoms with E-state index in [9.17, 15) is 4.79 Å². The second-order valence-electron chi connectivity index (χ2n) is 4.79. The highest BCUT2D eigenvalue weighted by Crippen LogP contribution is 2.14. The van der Waals surface area contributed by atoms with Crippen LogP contribution < -0.4 is 0 Å². The standard InChI is InChI=1S/C17H18O/c1-13-3-4-14(2)17(11-13)10-9-15-5-7-16(12-18)8-6-15/h3-8,11-12H,9-10H2,1-2H3. The van der Waals surface area contributed by atoms with Crippen LogP contribution in [0.2, 0.25) is 0 Å². The van der Waals surface area contributed by atoms with Crippen molar-refractivity contribution < 1.29 is 4.79 Å². The van der Waals surface area contributed by atoms with Gasteiger partial charge in [0.1, 0.15) is 6.29 Å². The van der Waals surface area contributed by atoms with Crippen molar-refractivity contribution in [2.45, 2.75) is 26.7 Å². The smallest absolute Gasteiger partial charge is 0.150 e. The van der Waals surface area contributed by atoms with Crippen LogP contribution in [0.25, 0.3) is 0 Å². The Hall–Kier alpha value is -1.89. The summed E-state index contributed by atoms with van der Waals surface area (Å²) in [5, 5.41) is 0. The summed E-state index contributed by atoms with van der Waals surface area (Å²) >= 11 is 0. The van der Waals surface area contributed by atoms with Gasteiger partial charge in [0.15, 0.2) is 0 Å². The minimum absolute atomic E-state index is 0.741. The number of rotatable bonds is 4. The number of hydrogen-bond acceptors (Lipinski definition) is 1. The maximum Gasteiger partial charge on any atom is 0.150 e. The summed E-state index contributed by atoms with van der Waals surface area (Å²) in [6.45, 7) is 4.28. The van der Waals surface area contributed by atoms with Crippen molar-refractivity contribution in [3.63, 3.8) is 0 Å². The highest BCUT2D eigenvalue weighted by atomic mass is 16.1. The molecule has 0 spiro atoms. The van der Waals surface area contributed by atoms with Crippen LogP contribution in [-0.2, 0) is 12.8 Å². The molecular weight excluding hydrogens is 220 g/mol. The van der Waals surface area contributed by atoms with Crippen molar-refractivity contribution in [1.82, 2.24) is 0 Å². The quantitative estimate of drug-likeness (QED) is 0.738. The molecule has 0 radical (unpaired) electrons. The lowest BCUT2D eigenvalue weighted by Gasteiger charge is -2.07. The van der Waals surface area contributed by atoms with E-state index in [0.717, 1.165) is 24.7 Å². The average molecular weight is 238 g/mol. The zero-order valence-electron chi connectivity index (χ0n) is 10.9. The second-order valence-corrected chi connectivity index (χ2v) is 4.79. The van der Waals surface area contributed by atoms with Gasteiger partial charge in [0.2, 0.25) is 0 Å². The molecule has 2 aromatic carbocycles. The highest BCUT2D eigenvalue weighted by Gasteiger charge is 2.00. The fourth-order valence-electron chi connectivity index (χ4n) is 2.11. The van der Waals surface area contributed by atoms with Crippen LogP contribution >= 0.6 is 0 Å². The lowest BCUT2D eigenvalue weighted by atomic mass is 9.98. The second kappa shape index (κ2) is 5.63. The van der Waals surface area contributed by atoms with Crippen molar-refractivity contribution in [3.8, 4) is 0 Å². The molecule has 0 N–H and O–H groups in total. The van der Waals surface area contributed by atoms with Crippen molar-refractivity contribution in [2.24, 2.45) is 0 Å². The fourth-order valence-corrected chi connectivity index (χ4v) is 2.11. The largest absolute Gasteiger partial charge is 0.298 e. The summed E-state index contributed by atoms with van der Waals surface area (Å²) in [7, 11) is 0. The molecule has 0 heterocycles. The number of benzene rings is 2. The van der Waals surface area contributed by atoms with Crippen LogP contribution in [0, 0.1) is 13.8 Å². The summed E-state index contributed by atoms with van der Waals surface area (Å²) in [6, 6.07) is 14.4. The van der Waals surface area contributed by atoms with Gasteiger partial charge in [-0.2, -0.15) is 0 Å². The summed E-state index contributed by atoms with van der Waals surface area (Å²) in [5.74, 6) is 0. The molecule has 0 saturated carbocycles. The summed E-state index contributed by atoms with van der Waals surface area (Å²) < 4.78 is 0. The first-order valence-electron chi connectivity index (χ1n) is 6.29. The van der Waals surface area contributed by atoms with Crippen molar-refractivity contribution in [1.29, 1.82) is 0 Å². The van der Waals surface area contributed by atoms with Gasteiger partial charge in [-0.05, 0) is 43.4 Å². The molecule has 0 unspecified atom stereocenters. The van der Waals surface area contributed by atoms with Crippen LogP contribution in [-0.4, -0.2) is 6.29 Å². The minimum Gasteiger partial charge on any atom is -0.298 e. The van der Waals surface area contributed by atoms with E-state index in [0.29, 0.717) is 0 Å². The predicted octanol–water partition coefficient (Wildman–Crippen LogP) is 3.90. The normalized spacial score (nSPS) is 10.3. The number of hydrogen-bond donors (Lipinski definition) is 0. The molecule has 0 saturated heterocycles. The van der Waals surface area contributed by atoms with Crippen LogP contribution in [0.15, 0.2) is 42.5 Å². The number of aldehydes is 1. The van der Waals surface area contributed by atoms with E-state index in [-0.39, 0.29) is 0 Å². The van der Waals surface area contributed by atoms with E-state index in [4.69, 9.17) is 0 Å². The third-order valence-corrected chi connectivity index (χ3v) is 3.30. The number of carbonyl (C=O) groups excluding carboxylic acids is 1. The van der Waals surface area contributed by atoms with E-state index in [2.05, 4.69) is 32.0 Å². The van der Waals surface area contributed by atoms with E-state index in [1.165, 1.54) is 22.3 Å². The Balaban J connectivity index is 2.06. The van der Waals surface area contributed by atoms with Gasteiger partial charge in [0.25, 0.3) is 0 Å². The number of carbonyl (C=O) groups is 1. The molecule has 1 nitrogen and oxygen atoms in total. The lowest BCUT2D eigenvalue weighted by molar-refractivity contribution is 0.112. The van der Waals surface area contributed by atoms with Gasteiger partial charge in [-0.3, -0.25) is 4.79 Å². The SMILES string of the molecule is Cc1ccc(C)c(CCc2ccc(C=O)cc2)c1. The third kappa shape index (κ3) is 3.07. The van der Waals surface area contributed by atoms with Crippen LogP contribution in [0.3, 0.4) is 0 Å². The fraction of sp³-hybridized carbons (Fsp3) is 0.235. The predicted molar refractivity (Wildman–Crippen MR) is 75.2 cm³/mol. The van der Waals surface area contributed by atoms with E-state index in [1.54, 1.807) is 0 Å². The molecule has 2 rings (SSSR count). The molecule has 1 heteroatoms. The Morgan fingerprint density at radius 2 is 1.67 bits per heavy atom.